The minimum Gasteiger partial charge on any atom is -0.399 e. The monoisotopic (exact) mass is 464 g/mol. The van der Waals surface area contributed by atoms with E-state index in [1.165, 1.54) is 30.7 Å². The summed E-state index contributed by atoms with van der Waals surface area (Å²) >= 11 is 0. The highest BCUT2D eigenvalue weighted by molar-refractivity contribution is 8.34. The maximum absolute atomic E-state index is 6.56. The Morgan fingerprint density at radius 1 is 0.559 bits per heavy atom. The second-order valence-corrected chi connectivity index (χ2v) is 13.1. The Kier molecular flexibility index (Phi) is 4.86. The lowest BCUT2D eigenvalue weighted by Crippen LogP contribution is -2.41. The van der Waals surface area contributed by atoms with Crippen LogP contribution in [0.5, 0.6) is 0 Å². The van der Waals surface area contributed by atoms with Gasteiger partial charge in [0.05, 0.1) is 11.2 Å². The summed E-state index contributed by atoms with van der Waals surface area (Å²) in [6.45, 7) is 8.47. The topological polar surface area (TPSA) is 18.5 Å². The van der Waals surface area contributed by atoms with Crippen LogP contribution in [0.25, 0.3) is 11.1 Å². The zero-order valence-electron chi connectivity index (χ0n) is 20.1. The standard InChI is InChI=1S/C30H29BO2S/c1-29(2)30(3,4)33-31(32-29)25-19-13-21-27-28(25)24-18-11-12-20-26(24)34(27,22-14-7-5-8-15-22)23-16-9-6-10-17-23/h5-21H,1-4H3. The summed E-state index contributed by atoms with van der Waals surface area (Å²) in [4.78, 5) is 5.43. The van der Waals surface area contributed by atoms with Gasteiger partial charge in [0.25, 0.3) is 0 Å². The van der Waals surface area contributed by atoms with E-state index in [0.717, 1.165) is 5.46 Å². The molecule has 0 radical (unpaired) electrons. The van der Waals surface area contributed by atoms with Crippen LogP contribution in [0.15, 0.2) is 123 Å². The molecule has 0 bridgehead atoms. The van der Waals surface area contributed by atoms with Crippen LogP contribution in [0.3, 0.4) is 0 Å². The molecule has 0 saturated carbocycles. The normalized spacial score (nSPS) is 19.9. The van der Waals surface area contributed by atoms with Crippen LogP contribution in [0.1, 0.15) is 27.7 Å². The molecule has 0 N–H and O–H groups in total. The summed E-state index contributed by atoms with van der Waals surface area (Å²) in [5.41, 5.74) is 2.89. The van der Waals surface area contributed by atoms with Crippen molar-refractivity contribution >= 4 is 22.6 Å². The van der Waals surface area contributed by atoms with E-state index >= 15 is 0 Å². The molecule has 0 aliphatic carbocycles. The molecule has 1 fully saturated rings. The van der Waals surface area contributed by atoms with Gasteiger partial charge in [-0.1, -0.05) is 66.7 Å². The zero-order valence-corrected chi connectivity index (χ0v) is 20.9. The van der Waals surface area contributed by atoms with Crippen molar-refractivity contribution in [2.45, 2.75) is 58.5 Å². The largest absolute Gasteiger partial charge is 0.495 e. The fourth-order valence-electron chi connectivity index (χ4n) is 5.21. The van der Waals surface area contributed by atoms with Gasteiger partial charge >= 0.3 is 7.12 Å². The minimum absolute atomic E-state index is 0.388. The van der Waals surface area contributed by atoms with Crippen LogP contribution in [-0.2, 0) is 9.31 Å². The average Bonchev–Trinajstić information content (AvgIpc) is 3.27. The highest BCUT2D eigenvalue weighted by Gasteiger charge is 2.53. The van der Waals surface area contributed by atoms with Crippen LogP contribution in [0, 0.1) is 0 Å². The molecular formula is C30H29BO2S. The van der Waals surface area contributed by atoms with Crippen molar-refractivity contribution in [2.24, 2.45) is 0 Å². The first-order valence-electron chi connectivity index (χ1n) is 11.9. The Morgan fingerprint density at radius 3 is 1.65 bits per heavy atom. The van der Waals surface area contributed by atoms with Crippen molar-refractivity contribution < 1.29 is 9.31 Å². The van der Waals surface area contributed by atoms with Crippen molar-refractivity contribution in [3.05, 3.63) is 103 Å². The van der Waals surface area contributed by atoms with E-state index in [2.05, 4.69) is 131 Å². The lowest BCUT2D eigenvalue weighted by Gasteiger charge is -2.39. The molecule has 1 saturated heterocycles. The van der Waals surface area contributed by atoms with E-state index < -0.39 is 17.1 Å². The van der Waals surface area contributed by atoms with E-state index in [0.29, 0.717) is 0 Å². The Morgan fingerprint density at radius 2 is 1.06 bits per heavy atom. The van der Waals surface area contributed by atoms with Crippen molar-refractivity contribution in [2.75, 3.05) is 0 Å². The average molecular weight is 464 g/mol. The van der Waals surface area contributed by atoms with Gasteiger partial charge in [0, 0.05) is 19.6 Å². The number of hydrogen-bond acceptors (Lipinski definition) is 2. The molecule has 0 spiro atoms. The summed E-state index contributed by atoms with van der Waals surface area (Å²) in [7, 11) is -2.07. The van der Waals surface area contributed by atoms with Crippen LogP contribution < -0.4 is 5.46 Å². The highest BCUT2D eigenvalue weighted by atomic mass is 32.3. The van der Waals surface area contributed by atoms with E-state index in [4.69, 9.17) is 9.31 Å². The Labute approximate surface area is 204 Å². The van der Waals surface area contributed by atoms with Gasteiger partial charge in [-0.05, 0) is 80.7 Å². The molecule has 2 aliphatic rings. The van der Waals surface area contributed by atoms with Gasteiger partial charge < -0.3 is 9.31 Å². The molecule has 2 heterocycles. The van der Waals surface area contributed by atoms with E-state index in [1.54, 1.807) is 0 Å². The number of rotatable bonds is 3. The van der Waals surface area contributed by atoms with E-state index in [1.807, 2.05) is 0 Å². The predicted octanol–water partition coefficient (Wildman–Crippen LogP) is 7.31. The summed E-state index contributed by atoms with van der Waals surface area (Å²) in [6, 6.07) is 37.6. The summed E-state index contributed by atoms with van der Waals surface area (Å²) in [6.07, 6.45) is 0. The van der Waals surface area contributed by atoms with Crippen LogP contribution >= 0.6 is 10.0 Å². The number of hydrogen-bond donors (Lipinski definition) is 0. The third-order valence-electron chi connectivity index (χ3n) is 7.58. The molecule has 0 unspecified atom stereocenters. The molecule has 4 aromatic rings. The fourth-order valence-corrected chi connectivity index (χ4v) is 9.46. The molecule has 0 aromatic heterocycles. The van der Waals surface area contributed by atoms with Crippen molar-refractivity contribution in [1.29, 1.82) is 0 Å². The molecule has 2 nitrogen and oxygen atoms in total. The van der Waals surface area contributed by atoms with Crippen molar-refractivity contribution in [3.8, 4) is 11.1 Å². The second kappa shape index (κ2) is 7.61. The first-order valence-corrected chi connectivity index (χ1v) is 13.5. The fraction of sp³-hybridized carbons (Fsp3) is 0.200. The number of fused-ring (bicyclic) bond motifs is 3. The van der Waals surface area contributed by atoms with Gasteiger partial charge in [-0.15, -0.1) is 10.0 Å². The molecule has 170 valence electrons. The molecule has 0 amide bonds. The zero-order chi connectivity index (χ0) is 23.6. The second-order valence-electron chi connectivity index (χ2n) is 10.0. The maximum Gasteiger partial charge on any atom is 0.495 e. The van der Waals surface area contributed by atoms with Gasteiger partial charge in [0.1, 0.15) is 0 Å². The summed E-state index contributed by atoms with van der Waals surface area (Å²) < 4.78 is 13.1. The molecule has 6 rings (SSSR count). The summed E-state index contributed by atoms with van der Waals surface area (Å²) in [5.74, 6) is 0. The van der Waals surface area contributed by atoms with Gasteiger partial charge in [-0.3, -0.25) is 0 Å². The molecule has 4 aromatic carbocycles. The quantitative estimate of drug-likeness (QED) is 0.261. The highest BCUT2D eigenvalue weighted by Crippen LogP contribution is 2.79. The van der Waals surface area contributed by atoms with Crippen molar-refractivity contribution in [1.82, 2.24) is 0 Å². The van der Waals surface area contributed by atoms with Gasteiger partial charge in [-0.2, -0.15) is 0 Å². The third-order valence-corrected chi connectivity index (χ3v) is 11.5. The third kappa shape index (κ3) is 2.92. The van der Waals surface area contributed by atoms with Gasteiger partial charge in [-0.25, -0.2) is 0 Å². The molecule has 2 aliphatic heterocycles. The van der Waals surface area contributed by atoms with Crippen LogP contribution in [-0.4, -0.2) is 18.3 Å². The Bertz CT molecular complexity index is 1310. The predicted molar refractivity (Wildman–Crippen MR) is 141 cm³/mol. The van der Waals surface area contributed by atoms with E-state index in [9.17, 15) is 0 Å². The molecule has 4 heteroatoms. The lowest BCUT2D eigenvalue weighted by molar-refractivity contribution is 0.00578. The molecule has 0 atom stereocenters. The van der Waals surface area contributed by atoms with Crippen molar-refractivity contribution in [3.63, 3.8) is 0 Å². The smallest absolute Gasteiger partial charge is 0.399 e. The molecule has 34 heavy (non-hydrogen) atoms. The van der Waals surface area contributed by atoms with Gasteiger partial charge in [0.15, 0.2) is 0 Å². The van der Waals surface area contributed by atoms with Crippen LogP contribution in [0.4, 0.5) is 0 Å². The Balaban J connectivity index is 1.68. The Hall–Kier alpha value is -2.79. The maximum atomic E-state index is 6.56. The lowest BCUT2D eigenvalue weighted by atomic mass is 9.74. The number of benzene rings is 4. The van der Waals surface area contributed by atoms with Crippen LogP contribution in [0.2, 0.25) is 0 Å². The summed E-state index contributed by atoms with van der Waals surface area (Å²) in [5, 5.41) is 0. The van der Waals surface area contributed by atoms with E-state index in [-0.39, 0.29) is 11.2 Å². The first kappa shape index (κ1) is 21.7. The first-order chi connectivity index (χ1) is 16.4. The molecular weight excluding hydrogens is 435 g/mol. The SMILES string of the molecule is CC1(C)OB(c2cccc3c2-c2ccccc2S3(c2ccccc2)c2ccccc2)OC1(C)C. The minimum atomic E-state index is -1.66. The van der Waals surface area contributed by atoms with Gasteiger partial charge in [0.2, 0.25) is 0 Å².